The summed E-state index contributed by atoms with van der Waals surface area (Å²) in [7, 11) is 0. The van der Waals surface area contributed by atoms with Crippen LogP contribution in [-0.2, 0) is 4.74 Å². The largest absolute Gasteiger partial charge is 0.378 e. The van der Waals surface area contributed by atoms with Crippen molar-refractivity contribution in [3.05, 3.63) is 0 Å². The number of rotatable bonds is 3. The Balaban J connectivity index is 2.02. The zero-order valence-corrected chi connectivity index (χ0v) is 11.5. The average molecular weight is 240 g/mol. The first-order valence-corrected chi connectivity index (χ1v) is 7.27. The van der Waals surface area contributed by atoms with Crippen molar-refractivity contribution in [2.45, 2.75) is 57.6 Å². The van der Waals surface area contributed by atoms with E-state index in [0.717, 1.165) is 38.3 Å². The van der Waals surface area contributed by atoms with E-state index in [9.17, 15) is 0 Å². The number of piperidine rings is 1. The highest BCUT2D eigenvalue weighted by molar-refractivity contribution is 4.97. The predicted molar refractivity (Wildman–Crippen MR) is 71.0 cm³/mol. The Kier molecular flexibility index (Phi) is 4.45. The molecule has 100 valence electrons. The highest BCUT2D eigenvalue weighted by Crippen LogP contribution is 2.34. The molecule has 2 heterocycles. The molecule has 0 spiro atoms. The zero-order valence-electron chi connectivity index (χ0n) is 11.5. The minimum atomic E-state index is 0.235. The fourth-order valence-electron chi connectivity index (χ4n) is 3.35. The van der Waals surface area contributed by atoms with Crippen LogP contribution >= 0.6 is 0 Å². The van der Waals surface area contributed by atoms with Crippen molar-refractivity contribution < 1.29 is 4.74 Å². The molecule has 0 amide bonds. The van der Waals surface area contributed by atoms with E-state index >= 15 is 0 Å². The first kappa shape index (κ1) is 13.3. The number of ether oxygens (including phenoxy) is 1. The van der Waals surface area contributed by atoms with E-state index in [-0.39, 0.29) is 5.54 Å². The summed E-state index contributed by atoms with van der Waals surface area (Å²) in [5, 5.41) is 0. The summed E-state index contributed by atoms with van der Waals surface area (Å²) in [6, 6.07) is 0. The van der Waals surface area contributed by atoms with Crippen molar-refractivity contribution in [1.29, 1.82) is 0 Å². The third-order valence-corrected chi connectivity index (χ3v) is 4.82. The third-order valence-electron chi connectivity index (χ3n) is 4.82. The van der Waals surface area contributed by atoms with Crippen molar-refractivity contribution in [1.82, 2.24) is 4.90 Å². The molecular weight excluding hydrogens is 212 g/mol. The van der Waals surface area contributed by atoms with Gasteiger partial charge in [0.25, 0.3) is 0 Å². The van der Waals surface area contributed by atoms with Crippen molar-refractivity contribution in [2.24, 2.45) is 11.7 Å². The summed E-state index contributed by atoms with van der Waals surface area (Å²) in [5.41, 5.74) is 6.36. The lowest BCUT2D eigenvalue weighted by atomic mass is 9.82. The molecule has 2 aliphatic rings. The highest BCUT2D eigenvalue weighted by atomic mass is 16.5. The Morgan fingerprint density at radius 2 is 2.06 bits per heavy atom. The van der Waals surface area contributed by atoms with Gasteiger partial charge in [0.15, 0.2) is 0 Å². The van der Waals surface area contributed by atoms with Crippen LogP contribution in [0.4, 0.5) is 0 Å². The molecule has 0 aliphatic carbocycles. The molecule has 0 saturated carbocycles. The van der Waals surface area contributed by atoms with Crippen molar-refractivity contribution in [3.63, 3.8) is 0 Å². The van der Waals surface area contributed by atoms with Crippen LogP contribution in [-0.4, -0.2) is 42.8 Å². The molecule has 3 nitrogen and oxygen atoms in total. The quantitative estimate of drug-likeness (QED) is 0.820. The van der Waals surface area contributed by atoms with Crippen molar-refractivity contribution >= 4 is 0 Å². The van der Waals surface area contributed by atoms with Gasteiger partial charge in [-0.2, -0.15) is 0 Å². The zero-order chi connectivity index (χ0) is 12.3. The summed E-state index contributed by atoms with van der Waals surface area (Å²) in [6.45, 7) is 8.73. The summed E-state index contributed by atoms with van der Waals surface area (Å²) in [4.78, 5) is 2.66. The molecule has 0 aromatic heterocycles. The van der Waals surface area contributed by atoms with Crippen LogP contribution in [0.3, 0.4) is 0 Å². The molecule has 17 heavy (non-hydrogen) atoms. The Bertz CT molecular complexity index is 238. The van der Waals surface area contributed by atoms with Crippen LogP contribution in [0.15, 0.2) is 0 Å². The lowest BCUT2D eigenvalue weighted by Crippen LogP contribution is -2.60. The molecule has 2 rings (SSSR count). The first-order valence-electron chi connectivity index (χ1n) is 7.27. The van der Waals surface area contributed by atoms with Gasteiger partial charge in [-0.1, -0.05) is 13.8 Å². The molecule has 0 radical (unpaired) electrons. The molecule has 2 atom stereocenters. The molecule has 2 unspecified atom stereocenters. The second kappa shape index (κ2) is 5.68. The van der Waals surface area contributed by atoms with Gasteiger partial charge in [-0.05, 0) is 51.1 Å². The second-order valence-electron chi connectivity index (χ2n) is 5.95. The maximum absolute atomic E-state index is 6.12. The smallest absolute Gasteiger partial charge is 0.0590 e. The first-order chi connectivity index (χ1) is 8.20. The summed E-state index contributed by atoms with van der Waals surface area (Å²) >= 11 is 0. The molecule has 3 heteroatoms. The van der Waals surface area contributed by atoms with Crippen LogP contribution in [0.1, 0.15) is 46.0 Å². The molecule has 0 bridgehead atoms. The van der Waals surface area contributed by atoms with Gasteiger partial charge in [0, 0.05) is 18.7 Å². The SMILES string of the molecule is CCC1CC(CN)(N2CCC(C)CC2)CCO1. The van der Waals surface area contributed by atoms with Gasteiger partial charge in [0.1, 0.15) is 0 Å². The second-order valence-corrected chi connectivity index (χ2v) is 5.95. The van der Waals surface area contributed by atoms with Crippen LogP contribution in [0, 0.1) is 5.92 Å². The van der Waals surface area contributed by atoms with Gasteiger partial charge < -0.3 is 10.5 Å². The van der Waals surface area contributed by atoms with Gasteiger partial charge in [-0.15, -0.1) is 0 Å². The van der Waals surface area contributed by atoms with E-state index in [0.29, 0.717) is 6.10 Å². The predicted octanol–water partition coefficient (Wildman–Crippen LogP) is 2.00. The van der Waals surface area contributed by atoms with Crippen LogP contribution in [0.5, 0.6) is 0 Å². The Labute approximate surface area is 106 Å². The van der Waals surface area contributed by atoms with Crippen LogP contribution in [0.25, 0.3) is 0 Å². The van der Waals surface area contributed by atoms with Gasteiger partial charge in [0.2, 0.25) is 0 Å². The summed E-state index contributed by atoms with van der Waals surface area (Å²) in [6.07, 6.45) is 6.46. The van der Waals surface area contributed by atoms with E-state index in [1.807, 2.05) is 0 Å². The Morgan fingerprint density at radius 3 is 2.65 bits per heavy atom. The van der Waals surface area contributed by atoms with Gasteiger partial charge in [-0.25, -0.2) is 0 Å². The van der Waals surface area contributed by atoms with Gasteiger partial charge in [-0.3, -0.25) is 4.90 Å². The summed E-state index contributed by atoms with van der Waals surface area (Å²) in [5.74, 6) is 0.892. The van der Waals surface area contributed by atoms with Gasteiger partial charge >= 0.3 is 0 Å². The van der Waals surface area contributed by atoms with E-state index in [1.165, 1.54) is 25.9 Å². The maximum Gasteiger partial charge on any atom is 0.0590 e. The van der Waals surface area contributed by atoms with Crippen LogP contribution < -0.4 is 5.73 Å². The van der Waals surface area contributed by atoms with E-state index in [4.69, 9.17) is 10.5 Å². The summed E-state index contributed by atoms with van der Waals surface area (Å²) < 4.78 is 5.81. The number of hydrogen-bond acceptors (Lipinski definition) is 3. The number of nitrogens with zero attached hydrogens (tertiary/aromatic N) is 1. The Morgan fingerprint density at radius 1 is 1.35 bits per heavy atom. The van der Waals surface area contributed by atoms with Crippen molar-refractivity contribution in [2.75, 3.05) is 26.2 Å². The molecule has 2 fully saturated rings. The van der Waals surface area contributed by atoms with E-state index in [2.05, 4.69) is 18.7 Å². The Hall–Kier alpha value is -0.120. The lowest BCUT2D eigenvalue weighted by Gasteiger charge is -2.50. The molecule has 2 aliphatic heterocycles. The maximum atomic E-state index is 6.12. The fourth-order valence-corrected chi connectivity index (χ4v) is 3.35. The standard InChI is InChI=1S/C14H28N2O/c1-3-13-10-14(11-15,6-9-17-13)16-7-4-12(2)5-8-16/h12-13H,3-11,15H2,1-2H3. The monoisotopic (exact) mass is 240 g/mol. The average Bonchev–Trinajstić information content (AvgIpc) is 2.39. The topological polar surface area (TPSA) is 38.5 Å². The minimum Gasteiger partial charge on any atom is -0.378 e. The van der Waals surface area contributed by atoms with Crippen molar-refractivity contribution in [3.8, 4) is 0 Å². The third kappa shape index (κ3) is 2.83. The number of hydrogen-bond donors (Lipinski definition) is 1. The van der Waals surface area contributed by atoms with Crippen LogP contribution in [0.2, 0.25) is 0 Å². The normalized spacial score (nSPS) is 37.2. The molecule has 2 N–H and O–H groups in total. The number of nitrogens with two attached hydrogens (primary N) is 1. The number of likely N-dealkylation sites (tertiary alicyclic amines) is 1. The fraction of sp³-hybridized carbons (Fsp3) is 1.00. The molecule has 2 saturated heterocycles. The lowest BCUT2D eigenvalue weighted by molar-refractivity contribution is -0.0793. The molecular formula is C14H28N2O. The highest BCUT2D eigenvalue weighted by Gasteiger charge is 2.41. The van der Waals surface area contributed by atoms with E-state index in [1.54, 1.807) is 0 Å². The van der Waals surface area contributed by atoms with Gasteiger partial charge in [0.05, 0.1) is 6.10 Å². The minimum absolute atomic E-state index is 0.235. The van der Waals surface area contributed by atoms with E-state index < -0.39 is 0 Å². The molecule has 0 aromatic rings. The molecule has 0 aromatic carbocycles.